The van der Waals surface area contributed by atoms with Crippen molar-refractivity contribution in [2.24, 2.45) is 5.92 Å². The summed E-state index contributed by atoms with van der Waals surface area (Å²) in [5, 5.41) is 0. The molecule has 1 saturated heterocycles. The highest BCUT2D eigenvalue weighted by Gasteiger charge is 2.21. The Bertz CT molecular complexity index is 405. The summed E-state index contributed by atoms with van der Waals surface area (Å²) in [7, 11) is 0. The zero-order valence-corrected chi connectivity index (χ0v) is 10.2. The molecule has 0 aliphatic carbocycles. The highest BCUT2D eigenvalue weighted by molar-refractivity contribution is 5.94. The second-order valence-electron chi connectivity index (χ2n) is 4.81. The molecule has 0 aromatic heterocycles. The maximum atomic E-state index is 13.5. The Morgan fingerprint density at radius 2 is 2.06 bits per heavy atom. The van der Waals surface area contributed by atoms with Crippen LogP contribution in [0.3, 0.4) is 0 Å². The van der Waals surface area contributed by atoms with Gasteiger partial charge in [-0.15, -0.1) is 0 Å². The molecule has 1 atom stereocenters. The minimum absolute atomic E-state index is 0.169. The molecule has 0 N–H and O–H groups in total. The van der Waals surface area contributed by atoms with Gasteiger partial charge in [-0.3, -0.25) is 4.79 Å². The third-order valence-electron chi connectivity index (χ3n) is 3.41. The van der Waals surface area contributed by atoms with Gasteiger partial charge in [0.25, 0.3) is 5.91 Å². The fourth-order valence-electron chi connectivity index (χ4n) is 2.27. The van der Waals surface area contributed by atoms with Gasteiger partial charge in [0.05, 0.1) is 5.56 Å². The van der Waals surface area contributed by atoms with Crippen molar-refractivity contribution in [2.75, 3.05) is 13.1 Å². The molecule has 0 spiro atoms. The van der Waals surface area contributed by atoms with Gasteiger partial charge in [-0.2, -0.15) is 0 Å². The van der Waals surface area contributed by atoms with Crippen molar-refractivity contribution in [1.82, 2.24) is 4.90 Å². The summed E-state index contributed by atoms with van der Waals surface area (Å²) in [5.41, 5.74) is 0.196. The molecule has 0 saturated carbocycles. The maximum absolute atomic E-state index is 13.5. The SMILES string of the molecule is CC1CCCN(C(=O)c2ccccc2F)CC1. The van der Waals surface area contributed by atoms with Gasteiger partial charge < -0.3 is 4.90 Å². The highest BCUT2D eigenvalue weighted by Crippen LogP contribution is 2.19. The molecule has 1 aliphatic heterocycles. The summed E-state index contributed by atoms with van der Waals surface area (Å²) in [6.45, 7) is 3.70. The van der Waals surface area contributed by atoms with Crippen molar-refractivity contribution in [3.05, 3.63) is 35.6 Å². The molecule has 92 valence electrons. The lowest BCUT2D eigenvalue weighted by Gasteiger charge is -2.20. The molecular weight excluding hydrogens is 217 g/mol. The molecule has 1 aromatic rings. The summed E-state index contributed by atoms with van der Waals surface area (Å²) in [6, 6.07) is 6.22. The van der Waals surface area contributed by atoms with E-state index in [2.05, 4.69) is 6.92 Å². The fourth-order valence-corrected chi connectivity index (χ4v) is 2.27. The molecule has 2 rings (SSSR count). The third kappa shape index (κ3) is 2.84. The zero-order chi connectivity index (χ0) is 12.3. The molecule has 1 aliphatic rings. The standard InChI is InChI=1S/C14H18FNO/c1-11-5-4-9-16(10-8-11)14(17)12-6-2-3-7-13(12)15/h2-3,6-7,11H,4-5,8-10H2,1H3. The Morgan fingerprint density at radius 3 is 2.82 bits per heavy atom. The van der Waals surface area contributed by atoms with Crippen LogP contribution in [0.1, 0.15) is 36.5 Å². The number of halogens is 1. The number of hydrogen-bond acceptors (Lipinski definition) is 1. The van der Waals surface area contributed by atoms with Crippen LogP contribution >= 0.6 is 0 Å². The second kappa shape index (κ2) is 5.30. The topological polar surface area (TPSA) is 20.3 Å². The molecule has 0 radical (unpaired) electrons. The van der Waals surface area contributed by atoms with Crippen LogP contribution in [0.4, 0.5) is 4.39 Å². The van der Waals surface area contributed by atoms with E-state index in [0.29, 0.717) is 5.92 Å². The number of nitrogens with zero attached hydrogens (tertiary/aromatic N) is 1. The van der Waals surface area contributed by atoms with Crippen LogP contribution < -0.4 is 0 Å². The van der Waals surface area contributed by atoms with Crippen molar-refractivity contribution in [1.29, 1.82) is 0 Å². The van der Waals surface area contributed by atoms with Gasteiger partial charge in [-0.1, -0.05) is 19.1 Å². The smallest absolute Gasteiger partial charge is 0.256 e. The first kappa shape index (κ1) is 12.1. The number of amides is 1. The van der Waals surface area contributed by atoms with E-state index in [-0.39, 0.29) is 11.5 Å². The van der Waals surface area contributed by atoms with Crippen molar-refractivity contribution in [3.8, 4) is 0 Å². The Kier molecular flexibility index (Phi) is 3.77. The molecule has 0 bridgehead atoms. The van der Waals surface area contributed by atoms with Gasteiger partial charge in [-0.05, 0) is 37.3 Å². The maximum Gasteiger partial charge on any atom is 0.256 e. The lowest BCUT2D eigenvalue weighted by atomic mass is 10.0. The average Bonchev–Trinajstić information content (AvgIpc) is 2.54. The number of carbonyl (C=O) groups is 1. The number of carbonyl (C=O) groups excluding carboxylic acids is 1. The first-order chi connectivity index (χ1) is 8.18. The van der Waals surface area contributed by atoms with Crippen molar-refractivity contribution in [2.45, 2.75) is 26.2 Å². The van der Waals surface area contributed by atoms with E-state index in [1.165, 1.54) is 6.07 Å². The predicted octanol–water partition coefficient (Wildman–Crippen LogP) is 3.09. The van der Waals surface area contributed by atoms with E-state index >= 15 is 0 Å². The first-order valence-corrected chi connectivity index (χ1v) is 6.22. The van der Waals surface area contributed by atoms with Crippen LogP contribution in [0.25, 0.3) is 0 Å². The molecule has 17 heavy (non-hydrogen) atoms. The lowest BCUT2D eigenvalue weighted by molar-refractivity contribution is 0.0755. The van der Waals surface area contributed by atoms with Gasteiger partial charge >= 0.3 is 0 Å². The highest BCUT2D eigenvalue weighted by atomic mass is 19.1. The minimum atomic E-state index is -0.421. The van der Waals surface area contributed by atoms with Gasteiger partial charge in [0.2, 0.25) is 0 Å². The quantitative estimate of drug-likeness (QED) is 0.732. The van der Waals surface area contributed by atoms with Crippen molar-refractivity contribution >= 4 is 5.91 Å². The fraction of sp³-hybridized carbons (Fsp3) is 0.500. The summed E-state index contributed by atoms with van der Waals surface area (Å²) in [5.74, 6) is 0.0698. The summed E-state index contributed by atoms with van der Waals surface area (Å²) >= 11 is 0. The predicted molar refractivity (Wildman–Crippen MR) is 65.3 cm³/mol. The van der Waals surface area contributed by atoms with Gasteiger partial charge in [0, 0.05) is 13.1 Å². The van der Waals surface area contributed by atoms with Crippen LogP contribution in [0.15, 0.2) is 24.3 Å². The van der Waals surface area contributed by atoms with Gasteiger partial charge in [0.1, 0.15) is 5.82 Å². The normalized spacial score (nSPS) is 21.1. The molecule has 1 amide bonds. The monoisotopic (exact) mass is 235 g/mol. The van der Waals surface area contributed by atoms with Crippen LogP contribution in [0.2, 0.25) is 0 Å². The molecular formula is C14H18FNO. The molecule has 3 heteroatoms. The number of hydrogen-bond donors (Lipinski definition) is 0. The Labute approximate surface area is 101 Å². The van der Waals surface area contributed by atoms with Gasteiger partial charge in [-0.25, -0.2) is 4.39 Å². The molecule has 1 unspecified atom stereocenters. The van der Waals surface area contributed by atoms with Gasteiger partial charge in [0.15, 0.2) is 0 Å². The average molecular weight is 235 g/mol. The van der Waals surface area contributed by atoms with Crippen LogP contribution in [0.5, 0.6) is 0 Å². The van der Waals surface area contributed by atoms with E-state index in [0.717, 1.165) is 32.4 Å². The Hall–Kier alpha value is -1.38. The largest absolute Gasteiger partial charge is 0.339 e. The van der Waals surface area contributed by atoms with E-state index in [1.54, 1.807) is 23.1 Å². The van der Waals surface area contributed by atoms with Crippen LogP contribution in [-0.4, -0.2) is 23.9 Å². The number of rotatable bonds is 1. The lowest BCUT2D eigenvalue weighted by Crippen LogP contribution is -2.32. The molecule has 1 aromatic carbocycles. The van der Waals surface area contributed by atoms with E-state index in [9.17, 15) is 9.18 Å². The summed E-state index contributed by atoms with van der Waals surface area (Å²) in [4.78, 5) is 13.9. The van der Waals surface area contributed by atoms with Crippen LogP contribution in [0, 0.1) is 11.7 Å². The Morgan fingerprint density at radius 1 is 1.29 bits per heavy atom. The van der Waals surface area contributed by atoms with Crippen molar-refractivity contribution in [3.63, 3.8) is 0 Å². The molecule has 2 nitrogen and oxygen atoms in total. The van der Waals surface area contributed by atoms with Crippen molar-refractivity contribution < 1.29 is 9.18 Å². The molecule has 1 fully saturated rings. The molecule has 1 heterocycles. The third-order valence-corrected chi connectivity index (χ3v) is 3.41. The van der Waals surface area contributed by atoms with Crippen LogP contribution in [-0.2, 0) is 0 Å². The van der Waals surface area contributed by atoms with E-state index < -0.39 is 5.82 Å². The second-order valence-corrected chi connectivity index (χ2v) is 4.81. The van der Waals surface area contributed by atoms with E-state index in [4.69, 9.17) is 0 Å². The number of likely N-dealkylation sites (tertiary alicyclic amines) is 1. The van der Waals surface area contributed by atoms with E-state index in [1.807, 2.05) is 0 Å². The zero-order valence-electron chi connectivity index (χ0n) is 10.2. The summed E-state index contributed by atoms with van der Waals surface area (Å²) in [6.07, 6.45) is 3.18. The minimum Gasteiger partial charge on any atom is -0.339 e. The number of benzene rings is 1. The Balaban J connectivity index is 2.12. The first-order valence-electron chi connectivity index (χ1n) is 6.22. The summed E-state index contributed by atoms with van der Waals surface area (Å²) < 4.78 is 13.5.